The molecule has 1 N–H and O–H groups in total. The van der Waals surface area contributed by atoms with Gasteiger partial charge in [-0.05, 0) is 0 Å². The molecule has 0 heterocycles. The second kappa shape index (κ2) is 3.65. The summed E-state index contributed by atoms with van der Waals surface area (Å²) in [5.74, 6) is 0. The highest BCUT2D eigenvalue weighted by Gasteiger charge is 1.84. The van der Waals surface area contributed by atoms with Crippen LogP contribution in [0.3, 0.4) is 0 Å². The monoisotopic (exact) mass is 169 g/mol. The Hall–Kier alpha value is 0.680. The molecule has 0 aliphatic carbocycles. The number of rotatable bonds is 0. The van der Waals surface area contributed by atoms with E-state index in [9.17, 15) is 0 Å². The number of hydrogen-bond acceptors (Lipinski definition) is 2. The maximum absolute atomic E-state index is 4.49. The van der Waals surface area contributed by atoms with Crippen molar-refractivity contribution in [2.45, 2.75) is 0 Å². The molecule has 0 aromatic rings. The van der Waals surface area contributed by atoms with Crippen LogP contribution in [0.2, 0.25) is 0 Å². The van der Waals surface area contributed by atoms with E-state index in [-0.39, 0.29) is 0 Å². The lowest BCUT2D eigenvalue weighted by atomic mass is 11.2. The highest BCUT2D eigenvalue weighted by Crippen LogP contribution is 1.81. The quantitative estimate of drug-likeness (QED) is 0.370. The fourth-order valence-corrected chi connectivity index (χ4v) is 0.823. The van der Waals surface area contributed by atoms with Crippen LogP contribution in [0, 0.1) is 0 Å². The minimum Gasteiger partial charge on any atom is -0.327 e. The summed E-state index contributed by atoms with van der Waals surface area (Å²) < 4.78 is 0.694. The van der Waals surface area contributed by atoms with Crippen molar-refractivity contribution in [1.29, 1.82) is 0 Å². The maximum atomic E-state index is 4.49. The molecule has 0 radical (unpaired) electrons. The van der Waals surface area contributed by atoms with Crippen LogP contribution in [0.4, 0.5) is 0 Å². The van der Waals surface area contributed by atoms with Crippen LogP contribution in [0.5, 0.6) is 0 Å². The summed E-state index contributed by atoms with van der Waals surface area (Å²) in [7, 11) is 0. The Morgan fingerprint density at radius 3 is 1.43 bits per heavy atom. The Labute approximate surface area is 63.7 Å². The van der Waals surface area contributed by atoms with E-state index < -0.39 is 0 Å². The van der Waals surface area contributed by atoms with Crippen molar-refractivity contribution >= 4 is 58.3 Å². The van der Waals surface area contributed by atoms with Crippen molar-refractivity contribution in [3.05, 3.63) is 0 Å². The molecule has 40 valence electrons. The average molecular weight is 169 g/mol. The fourth-order valence-electron chi connectivity index (χ4n) is 0.0915. The Kier molecular flexibility index (Phi) is 4.01. The molecule has 0 saturated heterocycles. The highest BCUT2D eigenvalue weighted by atomic mass is 32.1. The Morgan fingerprint density at radius 2 is 1.43 bits per heavy atom. The molecule has 0 aromatic carbocycles. The normalized spacial score (nSPS) is 7.71. The van der Waals surface area contributed by atoms with Crippen molar-refractivity contribution in [3.8, 4) is 0 Å². The van der Waals surface area contributed by atoms with Crippen molar-refractivity contribution in [1.82, 2.24) is 5.32 Å². The number of nitrogens with one attached hydrogen (secondary N) is 1. The zero-order valence-electron chi connectivity index (χ0n) is 3.21. The van der Waals surface area contributed by atoms with Gasteiger partial charge >= 0.3 is 0 Å². The third kappa shape index (κ3) is 6.68. The zero-order chi connectivity index (χ0) is 5.86. The van der Waals surface area contributed by atoms with Crippen molar-refractivity contribution in [2.75, 3.05) is 0 Å². The number of thiol groups is 2. The zero-order valence-corrected chi connectivity index (χ0v) is 6.63. The van der Waals surface area contributed by atoms with Crippen LogP contribution in [0.25, 0.3) is 0 Å². The first-order valence-electron chi connectivity index (χ1n) is 1.36. The van der Waals surface area contributed by atoms with Gasteiger partial charge in [0, 0.05) is 0 Å². The Bertz CT molecular complexity index is 85.9. The molecule has 0 unspecified atom stereocenters. The first-order chi connectivity index (χ1) is 3.13. The molecule has 0 aliphatic rings. The third-order valence-corrected chi connectivity index (χ3v) is 0.642. The first kappa shape index (κ1) is 7.68. The van der Waals surface area contributed by atoms with Gasteiger partial charge in [-0.3, -0.25) is 0 Å². The van der Waals surface area contributed by atoms with Crippen LogP contribution in [0.15, 0.2) is 0 Å². The largest absolute Gasteiger partial charge is 0.327 e. The summed E-state index contributed by atoms with van der Waals surface area (Å²) in [5, 5.41) is 2.50. The SMILES string of the molecule is S=C(S)NC(=S)S. The summed E-state index contributed by atoms with van der Waals surface area (Å²) in [6.45, 7) is 0. The summed E-state index contributed by atoms with van der Waals surface area (Å²) in [6.07, 6.45) is 0. The van der Waals surface area contributed by atoms with E-state index in [1.165, 1.54) is 0 Å². The van der Waals surface area contributed by atoms with E-state index in [1.54, 1.807) is 0 Å². The van der Waals surface area contributed by atoms with E-state index in [0.29, 0.717) is 8.64 Å². The topological polar surface area (TPSA) is 12.0 Å². The standard InChI is InChI=1S/C2H3NS4/c4-1(5)3-2(6)7/h(H3,3,4,5,6,7). The molecule has 0 atom stereocenters. The van der Waals surface area contributed by atoms with Gasteiger partial charge in [-0.2, -0.15) is 0 Å². The lowest BCUT2D eigenvalue weighted by Gasteiger charge is -1.93. The fraction of sp³-hybridized carbons (Fsp3) is 0. The molecule has 0 aromatic heterocycles. The summed E-state index contributed by atoms with van der Waals surface area (Å²) in [4.78, 5) is 0. The van der Waals surface area contributed by atoms with Crippen molar-refractivity contribution in [3.63, 3.8) is 0 Å². The Balaban J connectivity index is 3.32. The number of hydrogen-bond donors (Lipinski definition) is 3. The Morgan fingerprint density at radius 1 is 1.14 bits per heavy atom. The highest BCUT2D eigenvalue weighted by molar-refractivity contribution is 8.13. The average Bonchev–Trinajstić information content (AvgIpc) is 1.27. The predicted molar refractivity (Wildman–Crippen MR) is 46.3 cm³/mol. The van der Waals surface area contributed by atoms with E-state index in [2.05, 4.69) is 55.0 Å². The van der Waals surface area contributed by atoms with Crippen LogP contribution < -0.4 is 5.32 Å². The lowest BCUT2D eigenvalue weighted by molar-refractivity contribution is 1.55. The second-order valence-electron chi connectivity index (χ2n) is 0.735. The van der Waals surface area contributed by atoms with Crippen LogP contribution in [0.1, 0.15) is 0 Å². The van der Waals surface area contributed by atoms with E-state index in [1.807, 2.05) is 0 Å². The summed E-state index contributed by atoms with van der Waals surface area (Å²) in [5.41, 5.74) is 0. The smallest absolute Gasteiger partial charge is 0.136 e. The van der Waals surface area contributed by atoms with Crippen molar-refractivity contribution < 1.29 is 0 Å². The molecule has 0 fully saturated rings. The minimum absolute atomic E-state index is 0.347. The molecule has 1 nitrogen and oxygen atoms in total. The molecular formula is C2H3NS4. The van der Waals surface area contributed by atoms with Crippen molar-refractivity contribution in [2.24, 2.45) is 0 Å². The molecule has 0 spiro atoms. The maximum Gasteiger partial charge on any atom is 0.136 e. The van der Waals surface area contributed by atoms with Gasteiger partial charge < -0.3 is 5.32 Å². The van der Waals surface area contributed by atoms with Gasteiger partial charge in [0.25, 0.3) is 0 Å². The lowest BCUT2D eigenvalue weighted by Crippen LogP contribution is -2.17. The first-order valence-corrected chi connectivity index (χ1v) is 3.07. The second-order valence-corrected chi connectivity index (χ2v) is 3.05. The molecule has 0 bridgehead atoms. The van der Waals surface area contributed by atoms with Crippen LogP contribution in [-0.2, 0) is 0 Å². The van der Waals surface area contributed by atoms with Crippen LogP contribution in [-0.4, -0.2) is 8.64 Å². The van der Waals surface area contributed by atoms with Gasteiger partial charge in [-0.15, -0.1) is 25.3 Å². The van der Waals surface area contributed by atoms with E-state index >= 15 is 0 Å². The van der Waals surface area contributed by atoms with Gasteiger partial charge in [0.1, 0.15) is 8.64 Å². The molecule has 7 heavy (non-hydrogen) atoms. The third-order valence-electron chi connectivity index (χ3n) is 0.214. The van der Waals surface area contributed by atoms with Gasteiger partial charge in [-0.25, -0.2) is 0 Å². The van der Waals surface area contributed by atoms with Gasteiger partial charge in [0.05, 0.1) is 0 Å². The molecule has 5 heteroatoms. The molecular weight excluding hydrogens is 166 g/mol. The van der Waals surface area contributed by atoms with E-state index in [0.717, 1.165) is 0 Å². The minimum atomic E-state index is 0.347. The molecule has 0 aliphatic heterocycles. The van der Waals surface area contributed by atoms with Crippen LogP contribution >= 0.6 is 49.7 Å². The van der Waals surface area contributed by atoms with E-state index in [4.69, 9.17) is 0 Å². The molecule has 0 rings (SSSR count). The predicted octanol–water partition coefficient (Wildman–Crippen LogP) is 1.01. The number of thiocarbonyl (C=S) groups is 2. The van der Waals surface area contributed by atoms with Gasteiger partial charge in [0.15, 0.2) is 0 Å². The summed E-state index contributed by atoms with van der Waals surface area (Å²) in [6, 6.07) is 0. The molecule has 0 saturated carbocycles. The summed E-state index contributed by atoms with van der Waals surface area (Å²) >= 11 is 16.4. The molecule has 0 amide bonds. The van der Waals surface area contributed by atoms with Gasteiger partial charge in [0.2, 0.25) is 0 Å². The van der Waals surface area contributed by atoms with Gasteiger partial charge in [-0.1, -0.05) is 24.4 Å².